The molecule has 444 valence electrons. The Hall–Kier alpha value is -8.87. The molecule has 0 saturated carbocycles. The van der Waals surface area contributed by atoms with Gasteiger partial charge in [-0.15, -0.1) is 0 Å². The Morgan fingerprint density at radius 2 is 0.583 bits per heavy atom. The first kappa shape index (κ1) is 61.2. The Labute approximate surface area is 473 Å². The van der Waals surface area contributed by atoms with Gasteiger partial charge in [-0.05, 0) is 83.6 Å². The number of urea groups is 1. The first-order valence-corrected chi connectivity index (χ1v) is 31.3. The van der Waals surface area contributed by atoms with Crippen molar-refractivity contribution in [1.29, 1.82) is 0 Å². The van der Waals surface area contributed by atoms with Gasteiger partial charge in [0.05, 0.1) is 43.4 Å². The van der Waals surface area contributed by atoms with E-state index in [9.17, 15) is 102 Å². The maximum absolute atomic E-state index is 13.5. The molecule has 0 spiro atoms. The third-order valence-corrected chi connectivity index (χ3v) is 17.5. The summed E-state index contributed by atoms with van der Waals surface area (Å²) < 4.78 is 210. The van der Waals surface area contributed by atoms with Gasteiger partial charge in [-0.25, -0.2) is 4.79 Å². The van der Waals surface area contributed by atoms with E-state index in [0.717, 1.165) is 24.3 Å². The van der Waals surface area contributed by atoms with E-state index in [1.807, 2.05) is 0 Å². The highest BCUT2D eigenvalue weighted by atomic mass is 32.2. The Balaban J connectivity index is 0.920. The van der Waals surface area contributed by atoms with Crippen LogP contribution in [0.2, 0.25) is 0 Å². The summed E-state index contributed by atoms with van der Waals surface area (Å²) >= 11 is 0. The van der Waals surface area contributed by atoms with Crippen LogP contribution in [0.25, 0.3) is 21.5 Å². The fourth-order valence-electron chi connectivity index (χ4n) is 8.29. The summed E-state index contributed by atoms with van der Waals surface area (Å²) in [4.78, 5) is 60.6. The molecule has 0 aliphatic carbocycles. The van der Waals surface area contributed by atoms with Gasteiger partial charge in [0, 0.05) is 63.8 Å². The molecule has 4 aromatic heterocycles. The maximum Gasteiger partial charge on any atom is 0.325 e. The largest absolute Gasteiger partial charge is 0.337 e. The molecule has 0 saturated heterocycles. The van der Waals surface area contributed by atoms with Crippen LogP contribution in [0.1, 0.15) is 41.4 Å². The Kier molecular flexibility index (Phi) is 15.6. The van der Waals surface area contributed by atoms with Crippen LogP contribution < -0.4 is 31.9 Å². The zero-order valence-electron chi connectivity index (χ0n) is 42.6. The van der Waals surface area contributed by atoms with Crippen molar-refractivity contribution in [2.45, 2.75) is 29.4 Å². The molecule has 0 atom stereocenters. The highest BCUT2D eigenvalue weighted by Crippen LogP contribution is 2.36. The first-order valence-electron chi connectivity index (χ1n) is 22.6. The van der Waals surface area contributed by atoms with E-state index in [1.165, 1.54) is 83.4 Å². The molecule has 6 amide bonds. The van der Waals surface area contributed by atoms with Crippen molar-refractivity contribution in [3.05, 3.63) is 120 Å². The molecule has 4 heterocycles. The van der Waals surface area contributed by atoms with Crippen LogP contribution in [0.15, 0.2) is 127 Å². The first-order chi connectivity index (χ1) is 38.6. The van der Waals surface area contributed by atoms with Crippen LogP contribution in [0.4, 0.5) is 39.4 Å². The second-order valence-electron chi connectivity index (χ2n) is 18.1. The lowest BCUT2D eigenvalue weighted by molar-refractivity contribution is 0.101. The molecular weight excluding hydrogens is 1240 g/mol. The normalized spacial score (nSPS) is 12.5. The fourth-order valence-corrected chi connectivity index (χ4v) is 12.3. The lowest BCUT2D eigenvalue weighted by atomic mass is 10.1. The molecule has 39 heteroatoms. The Morgan fingerprint density at radius 3 is 0.845 bits per heavy atom. The van der Waals surface area contributed by atoms with Crippen molar-refractivity contribution in [2.24, 2.45) is 28.2 Å². The quantitative estimate of drug-likeness (QED) is 0.0616. The van der Waals surface area contributed by atoms with E-state index in [1.54, 1.807) is 0 Å². The second-order valence-corrected chi connectivity index (χ2v) is 26.5. The third kappa shape index (κ3) is 13.0. The lowest BCUT2D eigenvalue weighted by Crippen LogP contribution is -2.22. The van der Waals surface area contributed by atoms with Gasteiger partial charge in [0.15, 0.2) is 0 Å². The number of aryl methyl sites for hydroxylation is 4. The monoisotopic (exact) mass is 1280 g/mol. The molecule has 0 bridgehead atoms. The number of carbonyl (C=O) groups is 5. The maximum atomic E-state index is 13.5. The number of aromatic nitrogens is 4. The summed E-state index contributed by atoms with van der Waals surface area (Å²) in [5.41, 5.74) is -1.97. The number of rotatable bonds is 16. The van der Waals surface area contributed by atoms with E-state index in [-0.39, 0.29) is 45.5 Å². The number of hydrogen-bond acceptors (Lipinski definition) is 17. The van der Waals surface area contributed by atoms with Crippen LogP contribution in [-0.2, 0) is 88.9 Å². The highest BCUT2D eigenvalue weighted by molar-refractivity contribution is 7.87. The number of hydrogen-bond donors (Lipinski definition) is 12. The summed E-state index contributed by atoms with van der Waals surface area (Å²) in [6.45, 7) is 0. The van der Waals surface area contributed by atoms with Crippen molar-refractivity contribution >= 4 is 147 Å². The van der Waals surface area contributed by atoms with Crippen LogP contribution in [0.3, 0.4) is 0 Å². The van der Waals surface area contributed by atoms with Gasteiger partial charge in [0.2, 0.25) is 0 Å². The number of nitrogens with zero attached hydrogens (tertiary/aromatic N) is 4. The average Bonchev–Trinajstić information content (AvgIpc) is 4.27. The van der Waals surface area contributed by atoms with E-state index in [2.05, 4.69) is 31.9 Å². The van der Waals surface area contributed by atoms with Crippen LogP contribution in [0.5, 0.6) is 0 Å². The molecular formula is C45H40N10O23S6. The number of fused-ring (bicyclic) bond motifs is 2. The van der Waals surface area contributed by atoms with Crippen molar-refractivity contribution in [3.63, 3.8) is 0 Å². The van der Waals surface area contributed by atoms with Crippen LogP contribution >= 0.6 is 0 Å². The fraction of sp³-hybridized carbons (Fsp3) is 0.0889. The summed E-state index contributed by atoms with van der Waals surface area (Å²) in [5, 5.41) is 12.4. The molecule has 0 unspecified atom stereocenters. The molecule has 4 aromatic carbocycles. The van der Waals surface area contributed by atoms with Crippen molar-refractivity contribution < 1.29 is 102 Å². The molecule has 8 rings (SSSR count). The zero-order chi connectivity index (χ0) is 62.3. The molecule has 84 heavy (non-hydrogen) atoms. The van der Waals surface area contributed by atoms with Gasteiger partial charge in [0.25, 0.3) is 84.3 Å². The zero-order valence-corrected chi connectivity index (χ0v) is 47.5. The van der Waals surface area contributed by atoms with Crippen LogP contribution in [-0.4, -0.2) is 126 Å². The highest BCUT2D eigenvalue weighted by Gasteiger charge is 2.29. The standard InChI is InChI=1S/C45H40N10O23S6/c1-52-17-23(41(56)46-31-7-21-5-27(79(61,62)63)13-33(81(67,68)69)29(21)15-35(31)83(73,74)75)9-37(52)48-43(58)25-11-39(54(3)19-25)50-45(60)51-40-12-26(20-55(40)4)44(59)49-38-10-24(18-53(38)2)42(57)47-32-8-22-6-28(80(64,65)66)14-34(82(70,71)72)30(22)16-36(32)84(76,77)78/h5-20H,1-4H3,(H,46,56)(H,47,57)(H,48,58)(H,49,59)(H2,50,51,60)(H,61,62,63)(H,64,65,66)(H,67,68,69)(H,70,71,72)(H,73,74,75)(H,76,77,78). The summed E-state index contributed by atoms with van der Waals surface area (Å²) in [6, 6.07) is 8.60. The summed E-state index contributed by atoms with van der Waals surface area (Å²) in [6.07, 6.45) is 5.00. The third-order valence-electron chi connectivity index (χ3n) is 12.2. The number of anilines is 6. The van der Waals surface area contributed by atoms with Crippen molar-refractivity contribution in [3.8, 4) is 0 Å². The van der Waals surface area contributed by atoms with Gasteiger partial charge >= 0.3 is 6.03 Å². The van der Waals surface area contributed by atoms with Gasteiger partial charge in [-0.1, -0.05) is 0 Å². The molecule has 0 aliphatic rings. The molecule has 0 aliphatic heterocycles. The van der Waals surface area contributed by atoms with E-state index in [4.69, 9.17) is 0 Å². The van der Waals surface area contributed by atoms with Gasteiger partial charge in [-0.3, -0.25) is 57.1 Å². The minimum Gasteiger partial charge on any atom is -0.337 e. The molecule has 12 N–H and O–H groups in total. The minimum absolute atomic E-state index is 0.0215. The Bertz CT molecular complexity index is 4640. The van der Waals surface area contributed by atoms with Gasteiger partial charge < -0.3 is 39.5 Å². The molecule has 0 fully saturated rings. The van der Waals surface area contributed by atoms with E-state index < -0.39 is 153 Å². The van der Waals surface area contributed by atoms with Gasteiger partial charge in [-0.2, -0.15) is 50.5 Å². The lowest BCUT2D eigenvalue weighted by Gasteiger charge is -2.13. The molecule has 0 radical (unpaired) electrons. The second kappa shape index (κ2) is 21.4. The predicted molar refractivity (Wildman–Crippen MR) is 293 cm³/mol. The number of benzene rings is 4. The van der Waals surface area contributed by atoms with Crippen molar-refractivity contribution in [2.75, 3.05) is 31.9 Å². The summed E-state index contributed by atoms with van der Waals surface area (Å²) in [7, 11) is -25.6. The average molecular weight is 1280 g/mol. The summed E-state index contributed by atoms with van der Waals surface area (Å²) in [5.74, 6) is -3.64. The van der Waals surface area contributed by atoms with E-state index >= 15 is 0 Å². The molecule has 8 aromatic rings. The van der Waals surface area contributed by atoms with Gasteiger partial charge in [0.1, 0.15) is 42.9 Å². The van der Waals surface area contributed by atoms with Crippen LogP contribution in [0, 0.1) is 0 Å². The predicted octanol–water partition coefficient (Wildman–Crippen LogP) is 3.48. The minimum atomic E-state index is -5.29. The molecule has 33 nitrogen and oxygen atoms in total. The topological polar surface area (TPSA) is 503 Å². The number of amides is 6. The Morgan fingerprint density at radius 1 is 0.321 bits per heavy atom. The SMILES string of the molecule is Cn1cc(C(=O)Nc2cc(C(=O)Nc3cc4cc(S(=O)(=O)O)cc(S(=O)(=O)O)c4cc3S(=O)(=O)O)cn2C)cc1NC(=O)Nc1cc(C(=O)Nc2cc(C(=O)Nc3cc4cc(S(=O)(=O)O)cc(S(=O)(=O)O)c4cc3S(=O)(=O)O)cn2C)cn1C. The number of nitrogens with one attached hydrogen (secondary N) is 6. The van der Waals surface area contributed by atoms with E-state index in [0.29, 0.717) is 36.4 Å². The smallest absolute Gasteiger partial charge is 0.325 e. The number of carbonyl (C=O) groups excluding carboxylic acids is 5. The van der Waals surface area contributed by atoms with Crippen molar-refractivity contribution in [1.82, 2.24) is 18.3 Å².